The molecule has 4 bridgehead atoms. The molecule has 4 fully saturated rings. The van der Waals surface area contributed by atoms with E-state index in [-0.39, 0.29) is 16.4 Å². The van der Waals surface area contributed by atoms with Crippen LogP contribution in [0.5, 0.6) is 0 Å². The van der Waals surface area contributed by atoms with E-state index in [1.165, 1.54) is 19.3 Å². The van der Waals surface area contributed by atoms with Crippen LogP contribution in [0.4, 0.5) is 0 Å². The predicted molar refractivity (Wildman–Crippen MR) is 129 cm³/mol. The highest BCUT2D eigenvalue weighted by Gasteiger charge is 2.54. The second kappa shape index (κ2) is 8.37. The molecule has 32 heavy (non-hydrogen) atoms. The van der Waals surface area contributed by atoms with Crippen molar-refractivity contribution in [3.05, 3.63) is 56.8 Å². The Morgan fingerprint density at radius 1 is 1.06 bits per heavy atom. The summed E-state index contributed by atoms with van der Waals surface area (Å²) in [6.07, 6.45) is 10.4. The largest absolute Gasteiger partial charge is 0.365 e. The Kier molecular flexibility index (Phi) is 5.69. The minimum Gasteiger partial charge on any atom is -0.365 e. The van der Waals surface area contributed by atoms with Gasteiger partial charge in [-0.05, 0) is 80.4 Å². The molecule has 5 heteroatoms. The molecule has 6 rings (SSSR count). The lowest BCUT2D eigenvalue weighted by atomic mass is 9.48. The molecule has 0 atom stereocenters. The summed E-state index contributed by atoms with van der Waals surface area (Å²) in [5.41, 5.74) is 8.59. The summed E-state index contributed by atoms with van der Waals surface area (Å²) in [6.45, 7) is 2.99. The second-order valence-corrected chi connectivity index (χ2v) is 11.0. The number of amides is 1. The summed E-state index contributed by atoms with van der Waals surface area (Å²) in [5.74, 6) is 1.55. The van der Waals surface area contributed by atoms with Crippen LogP contribution in [0.3, 0.4) is 0 Å². The fraction of sp³-hybridized carbons (Fsp3) is 0.556. The number of halogens is 1. The highest BCUT2D eigenvalue weighted by molar-refractivity contribution is 6.30. The van der Waals surface area contributed by atoms with Crippen molar-refractivity contribution in [3.8, 4) is 11.3 Å². The van der Waals surface area contributed by atoms with Crippen LogP contribution in [0, 0.1) is 17.8 Å². The fourth-order valence-corrected chi connectivity index (χ4v) is 7.57. The number of unbranched alkanes of at least 4 members (excludes halogenated alkanes) is 2. The zero-order chi connectivity index (χ0) is 22.5. The summed E-state index contributed by atoms with van der Waals surface area (Å²) >= 11 is 6.15. The number of nitrogens with zero attached hydrogens (tertiary/aromatic N) is 1. The van der Waals surface area contributed by atoms with E-state index in [1.807, 2.05) is 24.3 Å². The topological polar surface area (TPSA) is 65.1 Å². The molecule has 4 nitrogen and oxygen atoms in total. The first kappa shape index (κ1) is 21.8. The number of carbonyl (C=O) groups excluding carboxylic acids is 1. The predicted octanol–water partition coefficient (Wildman–Crippen LogP) is 5.93. The fourth-order valence-electron chi connectivity index (χ4n) is 7.45. The van der Waals surface area contributed by atoms with Gasteiger partial charge < -0.3 is 10.3 Å². The van der Waals surface area contributed by atoms with Crippen LogP contribution in [0.1, 0.15) is 80.8 Å². The van der Waals surface area contributed by atoms with Crippen molar-refractivity contribution in [3.63, 3.8) is 0 Å². The van der Waals surface area contributed by atoms with Gasteiger partial charge in [-0.15, -0.1) is 0 Å². The number of nitrogens with two attached hydrogens (primary N) is 1. The Bertz CT molecular complexity index is 1050. The summed E-state index contributed by atoms with van der Waals surface area (Å²) in [4.78, 5) is 26.1. The molecule has 1 amide bonds. The number of aromatic nitrogens is 1. The van der Waals surface area contributed by atoms with Crippen LogP contribution in [-0.4, -0.2) is 10.5 Å². The van der Waals surface area contributed by atoms with Gasteiger partial charge in [-0.1, -0.05) is 43.5 Å². The smallest absolute Gasteiger partial charge is 0.254 e. The number of carbonyl (C=O) groups is 1. The lowest BCUT2D eigenvalue weighted by Gasteiger charge is -2.57. The molecule has 2 aromatic rings. The molecule has 4 aliphatic rings. The molecule has 1 aromatic heterocycles. The van der Waals surface area contributed by atoms with Crippen molar-refractivity contribution in [1.82, 2.24) is 4.57 Å². The van der Waals surface area contributed by atoms with E-state index in [1.54, 1.807) is 6.07 Å². The molecule has 1 aromatic carbocycles. The van der Waals surface area contributed by atoms with Gasteiger partial charge >= 0.3 is 0 Å². The van der Waals surface area contributed by atoms with Gasteiger partial charge in [0.25, 0.3) is 5.91 Å². The minimum atomic E-state index is -0.576. The third-order valence-corrected chi connectivity index (χ3v) is 8.48. The number of primary amides is 1. The van der Waals surface area contributed by atoms with Crippen LogP contribution in [0.15, 0.2) is 35.1 Å². The second-order valence-electron chi connectivity index (χ2n) is 10.5. The molecule has 1 heterocycles. The van der Waals surface area contributed by atoms with Gasteiger partial charge in [-0.2, -0.15) is 0 Å². The molecule has 0 unspecified atom stereocenters. The summed E-state index contributed by atoms with van der Waals surface area (Å²) < 4.78 is 2.30. The van der Waals surface area contributed by atoms with Crippen LogP contribution >= 0.6 is 11.6 Å². The lowest BCUT2D eigenvalue weighted by Crippen LogP contribution is -2.51. The average Bonchev–Trinajstić information content (AvgIpc) is 2.73. The molecule has 4 aliphatic carbocycles. The number of hydrogen-bond donors (Lipinski definition) is 1. The zero-order valence-corrected chi connectivity index (χ0v) is 19.7. The highest BCUT2D eigenvalue weighted by Crippen LogP contribution is 2.61. The molecule has 170 valence electrons. The molecule has 4 saturated carbocycles. The first-order valence-corrected chi connectivity index (χ1v) is 12.6. The van der Waals surface area contributed by atoms with E-state index >= 15 is 0 Å². The SMILES string of the molecule is CCCCCn1c(-c2ccc(Cl)cc2)cc(=O)c(C(N)=O)c1C12CC3CC(CC(C3)C1)C2. The highest BCUT2D eigenvalue weighted by atomic mass is 35.5. The maximum absolute atomic E-state index is 13.4. The quantitative estimate of drug-likeness (QED) is 0.529. The van der Waals surface area contributed by atoms with E-state index in [4.69, 9.17) is 17.3 Å². The van der Waals surface area contributed by atoms with Crippen molar-refractivity contribution in [2.45, 2.75) is 76.7 Å². The molecule has 0 saturated heterocycles. The Hall–Kier alpha value is -2.07. The first-order chi connectivity index (χ1) is 15.4. The third kappa shape index (κ3) is 3.71. The van der Waals surface area contributed by atoms with Gasteiger partial charge in [0.1, 0.15) is 5.56 Å². The summed E-state index contributed by atoms with van der Waals surface area (Å²) in [7, 11) is 0. The van der Waals surface area contributed by atoms with Gasteiger partial charge in [-0.3, -0.25) is 9.59 Å². The first-order valence-electron chi connectivity index (χ1n) is 12.2. The van der Waals surface area contributed by atoms with Crippen LogP contribution in [0.25, 0.3) is 11.3 Å². The van der Waals surface area contributed by atoms with Crippen LogP contribution < -0.4 is 11.2 Å². The van der Waals surface area contributed by atoms with Gasteiger partial charge in [-0.25, -0.2) is 0 Å². The summed E-state index contributed by atoms with van der Waals surface area (Å²) in [5, 5.41) is 0.670. The Balaban J connectivity index is 1.75. The standard InChI is InChI=1S/C27H33ClN2O2/c1-2-3-4-9-30-22(20-5-7-21(28)8-6-20)13-23(31)24(26(29)32)25(30)27-14-17-10-18(15-27)12-19(11-17)16-27/h5-8,13,17-19H,2-4,9-12,14-16H2,1H3,(H2,29,32). The van der Waals surface area contributed by atoms with Crippen molar-refractivity contribution < 1.29 is 4.79 Å². The zero-order valence-electron chi connectivity index (χ0n) is 18.9. The van der Waals surface area contributed by atoms with E-state index < -0.39 is 5.91 Å². The maximum atomic E-state index is 13.4. The monoisotopic (exact) mass is 452 g/mol. The van der Waals surface area contributed by atoms with Gasteiger partial charge in [0, 0.05) is 28.7 Å². The van der Waals surface area contributed by atoms with Crippen LogP contribution in [-0.2, 0) is 12.0 Å². The number of pyridine rings is 1. The van der Waals surface area contributed by atoms with Crippen LogP contribution in [0.2, 0.25) is 5.02 Å². The van der Waals surface area contributed by atoms with Crippen molar-refractivity contribution in [2.75, 3.05) is 0 Å². The maximum Gasteiger partial charge on any atom is 0.254 e. The van der Waals surface area contributed by atoms with Gasteiger partial charge in [0.15, 0.2) is 5.43 Å². The lowest BCUT2D eigenvalue weighted by molar-refractivity contribution is -0.00951. The minimum absolute atomic E-state index is 0.104. The third-order valence-electron chi connectivity index (χ3n) is 8.22. The summed E-state index contributed by atoms with van der Waals surface area (Å²) in [6, 6.07) is 9.30. The van der Waals surface area contributed by atoms with Gasteiger partial charge in [0.05, 0.1) is 5.69 Å². The number of hydrogen-bond acceptors (Lipinski definition) is 2. The van der Waals surface area contributed by atoms with E-state index in [0.29, 0.717) is 22.8 Å². The van der Waals surface area contributed by atoms with Gasteiger partial charge in [0.2, 0.25) is 0 Å². The average molecular weight is 453 g/mol. The Morgan fingerprint density at radius 3 is 2.19 bits per heavy atom. The molecule has 0 spiro atoms. The molecule has 2 N–H and O–H groups in total. The Labute approximate surface area is 195 Å². The number of rotatable bonds is 7. The Morgan fingerprint density at radius 2 is 1.66 bits per heavy atom. The van der Waals surface area contributed by atoms with E-state index in [0.717, 1.165) is 62.0 Å². The molecule has 0 aliphatic heterocycles. The number of benzene rings is 1. The van der Waals surface area contributed by atoms with Crippen molar-refractivity contribution in [2.24, 2.45) is 23.5 Å². The van der Waals surface area contributed by atoms with Crippen molar-refractivity contribution >= 4 is 17.5 Å². The normalized spacial score (nSPS) is 28.2. The van der Waals surface area contributed by atoms with E-state index in [2.05, 4.69) is 11.5 Å². The molecular formula is C27H33ClN2O2. The van der Waals surface area contributed by atoms with E-state index in [9.17, 15) is 9.59 Å². The van der Waals surface area contributed by atoms with Crippen molar-refractivity contribution in [1.29, 1.82) is 0 Å². The molecular weight excluding hydrogens is 420 g/mol. The molecule has 0 radical (unpaired) electrons.